The van der Waals surface area contributed by atoms with Crippen molar-refractivity contribution in [2.75, 3.05) is 13.2 Å². The monoisotopic (exact) mass is 296 g/mol. The third kappa shape index (κ3) is 19.7. The lowest BCUT2D eigenvalue weighted by molar-refractivity contribution is 0.130. The van der Waals surface area contributed by atoms with E-state index in [1.807, 2.05) is 0 Å². The maximum atomic E-state index is 5.49. The Kier molecular flexibility index (Phi) is 19.4. The molecule has 0 rings (SSSR count). The minimum absolute atomic E-state index is 0.934. The summed E-state index contributed by atoms with van der Waals surface area (Å²) in [4.78, 5) is 0. The van der Waals surface area contributed by atoms with Crippen molar-refractivity contribution in [3.05, 3.63) is 12.2 Å². The molecule has 0 atom stereocenters. The van der Waals surface area contributed by atoms with Gasteiger partial charge in [0.2, 0.25) is 0 Å². The van der Waals surface area contributed by atoms with Crippen molar-refractivity contribution in [3.63, 3.8) is 0 Å². The smallest absolute Gasteiger partial charge is 0.0466 e. The Morgan fingerprint density at radius 2 is 1.05 bits per heavy atom. The number of rotatable bonds is 17. The number of unbranched alkanes of at least 4 members (excludes halogenated alkanes) is 11. The Bertz CT molecular complexity index is 198. The maximum Gasteiger partial charge on any atom is 0.0466 e. The van der Waals surface area contributed by atoms with Crippen LogP contribution in [0.1, 0.15) is 104 Å². The number of ether oxygens (including phenoxy) is 1. The summed E-state index contributed by atoms with van der Waals surface area (Å²) in [5.41, 5.74) is 0. The summed E-state index contributed by atoms with van der Waals surface area (Å²) in [6.45, 7) is 6.35. The summed E-state index contributed by atoms with van der Waals surface area (Å²) in [5, 5.41) is 0. The molecule has 0 spiro atoms. The molecule has 0 aliphatic heterocycles. The fourth-order valence-electron chi connectivity index (χ4n) is 2.52. The first-order valence-electron chi connectivity index (χ1n) is 9.64. The minimum atomic E-state index is 0.934. The van der Waals surface area contributed by atoms with Crippen LogP contribution >= 0.6 is 0 Å². The highest BCUT2D eigenvalue weighted by Crippen LogP contribution is 2.09. The molecule has 0 aromatic carbocycles. The highest BCUT2D eigenvalue weighted by molar-refractivity contribution is 4.81. The van der Waals surface area contributed by atoms with Gasteiger partial charge in [-0.1, -0.05) is 77.4 Å². The Morgan fingerprint density at radius 3 is 1.62 bits per heavy atom. The van der Waals surface area contributed by atoms with Crippen LogP contribution in [0.5, 0.6) is 0 Å². The number of hydrogen-bond acceptors (Lipinski definition) is 1. The van der Waals surface area contributed by atoms with Gasteiger partial charge >= 0.3 is 0 Å². The van der Waals surface area contributed by atoms with E-state index in [1.54, 1.807) is 0 Å². The highest BCUT2D eigenvalue weighted by Gasteiger charge is 1.91. The van der Waals surface area contributed by atoms with E-state index in [0.29, 0.717) is 0 Å². The molecule has 0 saturated carbocycles. The van der Waals surface area contributed by atoms with E-state index in [4.69, 9.17) is 4.74 Å². The number of hydrogen-bond donors (Lipinski definition) is 0. The first-order chi connectivity index (χ1) is 10.4. The molecule has 21 heavy (non-hydrogen) atoms. The van der Waals surface area contributed by atoms with Gasteiger partial charge in [0.15, 0.2) is 0 Å². The van der Waals surface area contributed by atoms with Gasteiger partial charge in [0.1, 0.15) is 0 Å². The molecule has 0 bridgehead atoms. The lowest BCUT2D eigenvalue weighted by Crippen LogP contribution is -1.95. The molecule has 0 unspecified atom stereocenters. The Morgan fingerprint density at radius 1 is 0.524 bits per heavy atom. The van der Waals surface area contributed by atoms with Gasteiger partial charge in [0.25, 0.3) is 0 Å². The van der Waals surface area contributed by atoms with Gasteiger partial charge in [-0.05, 0) is 38.5 Å². The summed E-state index contributed by atoms with van der Waals surface area (Å²) < 4.78 is 5.49. The topological polar surface area (TPSA) is 9.23 Å². The van der Waals surface area contributed by atoms with E-state index >= 15 is 0 Å². The Hall–Kier alpha value is -0.300. The second-order valence-electron chi connectivity index (χ2n) is 6.20. The SMILES string of the molecule is CCCCCCCCC=CCCCCCCCOCCC. The average molecular weight is 297 g/mol. The van der Waals surface area contributed by atoms with Crippen LogP contribution in [0.25, 0.3) is 0 Å². The van der Waals surface area contributed by atoms with E-state index in [9.17, 15) is 0 Å². The van der Waals surface area contributed by atoms with Crippen LogP contribution in [-0.2, 0) is 4.74 Å². The van der Waals surface area contributed by atoms with Crippen LogP contribution in [-0.4, -0.2) is 13.2 Å². The molecular weight excluding hydrogens is 256 g/mol. The van der Waals surface area contributed by atoms with Crippen molar-refractivity contribution in [2.24, 2.45) is 0 Å². The van der Waals surface area contributed by atoms with Gasteiger partial charge in [0.05, 0.1) is 0 Å². The van der Waals surface area contributed by atoms with E-state index in [-0.39, 0.29) is 0 Å². The quantitative estimate of drug-likeness (QED) is 0.206. The third-order valence-electron chi connectivity index (χ3n) is 3.90. The lowest BCUT2D eigenvalue weighted by atomic mass is 10.1. The molecule has 0 aromatic rings. The van der Waals surface area contributed by atoms with Crippen LogP contribution < -0.4 is 0 Å². The summed E-state index contributed by atoms with van der Waals surface area (Å²) in [6, 6.07) is 0. The van der Waals surface area contributed by atoms with Gasteiger partial charge in [0, 0.05) is 13.2 Å². The summed E-state index contributed by atoms with van der Waals surface area (Å²) in [6.07, 6.45) is 23.7. The van der Waals surface area contributed by atoms with Gasteiger partial charge in [-0.3, -0.25) is 0 Å². The van der Waals surface area contributed by atoms with Crippen LogP contribution in [0, 0.1) is 0 Å². The van der Waals surface area contributed by atoms with Crippen molar-refractivity contribution in [2.45, 2.75) is 104 Å². The van der Waals surface area contributed by atoms with Gasteiger partial charge in [-0.15, -0.1) is 0 Å². The van der Waals surface area contributed by atoms with Crippen molar-refractivity contribution in [1.29, 1.82) is 0 Å². The predicted octanol–water partition coefficient (Wildman–Crippen LogP) is 7.06. The molecule has 0 N–H and O–H groups in total. The highest BCUT2D eigenvalue weighted by atomic mass is 16.5. The van der Waals surface area contributed by atoms with E-state index in [0.717, 1.165) is 19.6 Å². The Balaban J connectivity index is 3.02. The normalized spacial score (nSPS) is 11.5. The maximum absolute atomic E-state index is 5.49. The zero-order chi connectivity index (χ0) is 15.4. The summed E-state index contributed by atoms with van der Waals surface area (Å²) in [7, 11) is 0. The van der Waals surface area contributed by atoms with Crippen LogP contribution in [0.4, 0.5) is 0 Å². The van der Waals surface area contributed by atoms with E-state index in [1.165, 1.54) is 83.5 Å². The summed E-state index contributed by atoms with van der Waals surface area (Å²) >= 11 is 0. The van der Waals surface area contributed by atoms with E-state index < -0.39 is 0 Å². The summed E-state index contributed by atoms with van der Waals surface area (Å²) in [5.74, 6) is 0. The van der Waals surface area contributed by atoms with Crippen molar-refractivity contribution in [1.82, 2.24) is 0 Å². The zero-order valence-electron chi connectivity index (χ0n) is 14.9. The molecule has 0 aromatic heterocycles. The van der Waals surface area contributed by atoms with Crippen molar-refractivity contribution >= 4 is 0 Å². The molecule has 0 aliphatic rings. The molecular formula is C20H40O. The van der Waals surface area contributed by atoms with Gasteiger partial charge < -0.3 is 4.74 Å². The third-order valence-corrected chi connectivity index (χ3v) is 3.90. The van der Waals surface area contributed by atoms with Gasteiger partial charge in [-0.2, -0.15) is 0 Å². The van der Waals surface area contributed by atoms with Crippen LogP contribution in [0.15, 0.2) is 12.2 Å². The van der Waals surface area contributed by atoms with E-state index in [2.05, 4.69) is 26.0 Å². The van der Waals surface area contributed by atoms with Crippen molar-refractivity contribution in [3.8, 4) is 0 Å². The zero-order valence-corrected chi connectivity index (χ0v) is 14.9. The largest absolute Gasteiger partial charge is 0.381 e. The lowest BCUT2D eigenvalue weighted by Gasteiger charge is -2.02. The fraction of sp³-hybridized carbons (Fsp3) is 0.900. The average Bonchev–Trinajstić information content (AvgIpc) is 2.50. The molecule has 0 heterocycles. The van der Waals surface area contributed by atoms with Crippen LogP contribution in [0.2, 0.25) is 0 Å². The Labute approximate surface area is 134 Å². The second-order valence-corrected chi connectivity index (χ2v) is 6.20. The fourth-order valence-corrected chi connectivity index (χ4v) is 2.52. The second kappa shape index (κ2) is 19.7. The first-order valence-corrected chi connectivity index (χ1v) is 9.64. The molecule has 1 nitrogen and oxygen atoms in total. The first kappa shape index (κ1) is 20.7. The molecule has 126 valence electrons. The predicted molar refractivity (Wildman–Crippen MR) is 95.9 cm³/mol. The standard InChI is InChI=1S/C20H40O/c1-3-5-6-7-8-9-10-11-12-13-14-15-16-17-18-20-21-19-4-2/h11-12H,3-10,13-20H2,1-2H3. The van der Waals surface area contributed by atoms with Gasteiger partial charge in [-0.25, -0.2) is 0 Å². The molecule has 0 aliphatic carbocycles. The molecule has 0 amide bonds. The van der Waals surface area contributed by atoms with Crippen molar-refractivity contribution < 1.29 is 4.74 Å². The molecule has 0 saturated heterocycles. The number of allylic oxidation sites excluding steroid dienone is 2. The minimum Gasteiger partial charge on any atom is -0.381 e. The molecule has 0 fully saturated rings. The molecule has 0 radical (unpaired) electrons. The molecule has 1 heteroatoms. The van der Waals surface area contributed by atoms with Crippen LogP contribution in [0.3, 0.4) is 0 Å².